The molecule has 2 aromatic rings. The molecule has 0 aliphatic rings. The second-order valence-corrected chi connectivity index (χ2v) is 8.40. The Labute approximate surface area is 197 Å². The van der Waals surface area contributed by atoms with Gasteiger partial charge in [0.1, 0.15) is 6.10 Å². The average Bonchev–Trinajstić information content (AvgIpc) is 2.80. The minimum atomic E-state index is -0.398. The largest absolute Gasteiger partial charge is 0.394 e. The topological polar surface area (TPSA) is 148 Å². The molecule has 0 spiro atoms. The Balaban J connectivity index is 1.52. The summed E-state index contributed by atoms with van der Waals surface area (Å²) < 4.78 is 14.3. The van der Waals surface area contributed by atoms with Crippen molar-refractivity contribution in [1.82, 2.24) is 19.1 Å². The number of aliphatic hydroxyl groups is 1. The highest BCUT2D eigenvalue weighted by Gasteiger charge is 2.08. The van der Waals surface area contributed by atoms with Crippen LogP contribution in [0.4, 0.5) is 0 Å². The number of hydrogen-bond acceptors (Lipinski definition) is 7. The summed E-state index contributed by atoms with van der Waals surface area (Å²) in [6, 6.07) is 0. The first-order valence-corrected chi connectivity index (χ1v) is 11.7. The van der Waals surface area contributed by atoms with E-state index in [2.05, 4.69) is 9.97 Å². The number of H-pyrrole nitrogens is 2. The van der Waals surface area contributed by atoms with Crippen LogP contribution in [-0.4, -0.2) is 56.7 Å². The van der Waals surface area contributed by atoms with Crippen LogP contribution in [0.1, 0.15) is 49.7 Å². The highest BCUT2D eigenvalue weighted by molar-refractivity contribution is 5.01. The number of aliphatic hydroxyl groups excluding tert-OH is 1. The maximum Gasteiger partial charge on any atom is 0.328 e. The zero-order valence-electron chi connectivity index (χ0n) is 20.0. The lowest BCUT2D eigenvalue weighted by atomic mass is 10.2. The first kappa shape index (κ1) is 27.5. The highest BCUT2D eigenvalue weighted by Crippen LogP contribution is 2.03. The van der Waals surface area contributed by atoms with Gasteiger partial charge in [-0.25, -0.2) is 9.59 Å². The average molecular weight is 481 g/mol. The number of aryl methyl sites for hydroxylation is 4. The van der Waals surface area contributed by atoms with Crippen LogP contribution in [0.15, 0.2) is 31.6 Å². The maximum atomic E-state index is 11.7. The molecule has 0 radical (unpaired) electrons. The number of nitrogens with one attached hydrogen (secondary N) is 2. The lowest BCUT2D eigenvalue weighted by molar-refractivity contribution is -0.0438. The quantitative estimate of drug-likeness (QED) is 0.295. The van der Waals surface area contributed by atoms with Gasteiger partial charge in [0, 0.05) is 49.8 Å². The van der Waals surface area contributed by atoms with E-state index >= 15 is 0 Å². The molecule has 0 aliphatic heterocycles. The minimum absolute atomic E-state index is 0.124. The third kappa shape index (κ3) is 9.24. The first-order chi connectivity index (χ1) is 16.3. The molecule has 2 heterocycles. The second kappa shape index (κ2) is 14.5. The van der Waals surface area contributed by atoms with Gasteiger partial charge in [-0.05, 0) is 52.4 Å². The molecule has 11 heteroatoms. The third-order valence-electron chi connectivity index (χ3n) is 5.47. The van der Waals surface area contributed by atoms with Gasteiger partial charge in [0.05, 0.1) is 13.2 Å². The number of rotatable bonds is 16. The zero-order chi connectivity index (χ0) is 24.9. The Hall–Kier alpha value is -2.76. The van der Waals surface area contributed by atoms with Crippen LogP contribution in [0.2, 0.25) is 0 Å². The summed E-state index contributed by atoms with van der Waals surface area (Å²) in [4.78, 5) is 50.8. The molecule has 0 saturated carbocycles. The van der Waals surface area contributed by atoms with Crippen LogP contribution in [-0.2, 0) is 22.6 Å². The molecule has 0 saturated heterocycles. The standard InChI is InChI=1S/C23H36N4O7/c1-17-13-26(22(31)24-20(17)29)9-5-3-7-11-33-16-19(15-28)34-12-8-4-6-10-27-14-18(2)21(30)25-23(27)32/h13-14,19,28H,3-12,15-16H2,1-2H3,(H,24,29,31)(H,25,30,32). The van der Waals surface area contributed by atoms with E-state index in [0.717, 1.165) is 38.5 Å². The predicted molar refractivity (Wildman–Crippen MR) is 127 cm³/mol. The summed E-state index contributed by atoms with van der Waals surface area (Å²) in [5.41, 5.74) is -0.483. The van der Waals surface area contributed by atoms with E-state index in [0.29, 0.717) is 44.0 Å². The van der Waals surface area contributed by atoms with Gasteiger partial charge in [-0.3, -0.25) is 19.6 Å². The number of ether oxygens (including phenoxy) is 2. The molecule has 1 unspecified atom stereocenters. The number of aromatic amines is 2. The van der Waals surface area contributed by atoms with E-state index in [9.17, 15) is 24.3 Å². The van der Waals surface area contributed by atoms with Crippen molar-refractivity contribution in [2.24, 2.45) is 0 Å². The Kier molecular flexibility index (Phi) is 11.7. The number of hydrogen-bond donors (Lipinski definition) is 3. The van der Waals surface area contributed by atoms with E-state index in [1.807, 2.05) is 0 Å². The van der Waals surface area contributed by atoms with Crippen LogP contribution in [0.5, 0.6) is 0 Å². The van der Waals surface area contributed by atoms with Crippen LogP contribution in [0.3, 0.4) is 0 Å². The fourth-order valence-corrected chi connectivity index (χ4v) is 3.41. The molecule has 0 fully saturated rings. The third-order valence-corrected chi connectivity index (χ3v) is 5.47. The summed E-state index contributed by atoms with van der Waals surface area (Å²) in [7, 11) is 0. The van der Waals surface area contributed by atoms with Gasteiger partial charge in [-0.1, -0.05) is 0 Å². The van der Waals surface area contributed by atoms with Crippen molar-refractivity contribution in [1.29, 1.82) is 0 Å². The fraction of sp³-hybridized carbons (Fsp3) is 0.652. The van der Waals surface area contributed by atoms with Crippen LogP contribution < -0.4 is 22.5 Å². The summed E-state index contributed by atoms with van der Waals surface area (Å²) in [6.45, 7) is 5.60. The molecule has 0 bridgehead atoms. The predicted octanol–water partition coefficient (Wildman–Crippen LogP) is 0.438. The zero-order valence-corrected chi connectivity index (χ0v) is 20.0. The van der Waals surface area contributed by atoms with Gasteiger partial charge in [-0.15, -0.1) is 0 Å². The van der Waals surface area contributed by atoms with Crippen molar-refractivity contribution in [3.63, 3.8) is 0 Å². The normalized spacial score (nSPS) is 12.2. The lowest BCUT2D eigenvalue weighted by Crippen LogP contribution is -2.30. The molecule has 3 N–H and O–H groups in total. The molecule has 0 aromatic carbocycles. The summed E-state index contributed by atoms with van der Waals surface area (Å²) in [5.74, 6) is 0. The van der Waals surface area contributed by atoms with Crippen molar-refractivity contribution in [2.75, 3.05) is 26.4 Å². The van der Waals surface area contributed by atoms with Crippen LogP contribution >= 0.6 is 0 Å². The molecule has 11 nitrogen and oxygen atoms in total. The molecule has 2 aromatic heterocycles. The van der Waals surface area contributed by atoms with Gasteiger partial charge in [0.25, 0.3) is 11.1 Å². The Morgan fingerprint density at radius 2 is 1.29 bits per heavy atom. The SMILES string of the molecule is Cc1cn(CCCCCOCC(CO)OCCCCCn2cc(C)c(=O)[nH]c2=O)c(=O)[nH]c1=O. The van der Waals surface area contributed by atoms with E-state index in [4.69, 9.17) is 9.47 Å². The van der Waals surface area contributed by atoms with Crippen molar-refractivity contribution >= 4 is 0 Å². The molecular weight excluding hydrogens is 444 g/mol. The first-order valence-electron chi connectivity index (χ1n) is 11.7. The molecule has 2 rings (SSSR count). The number of nitrogens with zero attached hydrogens (tertiary/aromatic N) is 2. The van der Waals surface area contributed by atoms with Gasteiger partial charge in [0.15, 0.2) is 0 Å². The maximum absolute atomic E-state index is 11.7. The number of unbranched alkanes of at least 4 members (excludes halogenated alkanes) is 4. The minimum Gasteiger partial charge on any atom is -0.394 e. The number of aromatic nitrogens is 4. The molecule has 0 aliphatic carbocycles. The van der Waals surface area contributed by atoms with Crippen LogP contribution in [0.25, 0.3) is 0 Å². The molecular formula is C23H36N4O7. The second-order valence-electron chi connectivity index (χ2n) is 8.40. The highest BCUT2D eigenvalue weighted by atomic mass is 16.5. The van der Waals surface area contributed by atoms with E-state index in [-0.39, 0.29) is 23.8 Å². The van der Waals surface area contributed by atoms with Crippen molar-refractivity contribution in [3.05, 3.63) is 65.2 Å². The van der Waals surface area contributed by atoms with Gasteiger partial charge < -0.3 is 23.7 Å². The van der Waals surface area contributed by atoms with E-state index in [1.54, 1.807) is 26.2 Å². The summed E-state index contributed by atoms with van der Waals surface area (Å²) in [6.07, 6.45) is 7.66. The van der Waals surface area contributed by atoms with Crippen molar-refractivity contribution in [2.45, 2.75) is 71.6 Å². The summed E-state index contributed by atoms with van der Waals surface area (Å²) in [5, 5.41) is 9.46. The smallest absolute Gasteiger partial charge is 0.328 e. The van der Waals surface area contributed by atoms with Crippen LogP contribution in [0, 0.1) is 13.8 Å². The lowest BCUT2D eigenvalue weighted by Gasteiger charge is -2.16. The fourth-order valence-electron chi connectivity index (χ4n) is 3.41. The van der Waals surface area contributed by atoms with Crippen molar-refractivity contribution in [3.8, 4) is 0 Å². The Morgan fingerprint density at radius 3 is 1.79 bits per heavy atom. The van der Waals surface area contributed by atoms with E-state index < -0.39 is 11.4 Å². The molecule has 1 atom stereocenters. The van der Waals surface area contributed by atoms with Gasteiger partial charge in [-0.2, -0.15) is 0 Å². The Bertz CT molecular complexity index is 1120. The van der Waals surface area contributed by atoms with E-state index in [1.165, 1.54) is 9.13 Å². The summed E-state index contributed by atoms with van der Waals surface area (Å²) >= 11 is 0. The molecule has 190 valence electrons. The monoisotopic (exact) mass is 480 g/mol. The van der Waals surface area contributed by atoms with Gasteiger partial charge in [0.2, 0.25) is 0 Å². The van der Waals surface area contributed by atoms with Crippen molar-refractivity contribution < 1.29 is 14.6 Å². The Morgan fingerprint density at radius 1 is 0.794 bits per heavy atom. The van der Waals surface area contributed by atoms with Gasteiger partial charge >= 0.3 is 11.4 Å². The molecule has 34 heavy (non-hydrogen) atoms. The molecule has 0 amide bonds.